The molecule has 0 saturated heterocycles. The maximum Gasteiger partial charge on any atom is 0.371 e. The highest BCUT2D eigenvalue weighted by Gasteiger charge is 2.42. The van der Waals surface area contributed by atoms with E-state index in [1.165, 1.54) is 0 Å². The van der Waals surface area contributed by atoms with Gasteiger partial charge in [0, 0.05) is 6.07 Å². The van der Waals surface area contributed by atoms with E-state index >= 15 is 0 Å². The molecular weight excluding hydrogens is 296 g/mol. The van der Waals surface area contributed by atoms with Gasteiger partial charge in [0.1, 0.15) is 5.76 Å². The van der Waals surface area contributed by atoms with Crippen LogP contribution in [0.15, 0.2) is 20.9 Å². The number of hydrogen-bond donors (Lipinski definition) is 1. The maximum atomic E-state index is 12.4. The van der Waals surface area contributed by atoms with Gasteiger partial charge in [-0.2, -0.15) is 4.79 Å². The van der Waals surface area contributed by atoms with E-state index in [2.05, 4.69) is 4.79 Å². The summed E-state index contributed by atoms with van der Waals surface area (Å²) >= 11 is 0. The van der Waals surface area contributed by atoms with Crippen molar-refractivity contribution in [3.05, 3.63) is 44.5 Å². The predicted molar refractivity (Wildman–Crippen MR) is 83.5 cm³/mol. The number of rotatable bonds is 3. The molecule has 0 aliphatic heterocycles. The van der Waals surface area contributed by atoms with Gasteiger partial charge < -0.3 is 15.1 Å². The van der Waals surface area contributed by atoms with Crippen LogP contribution in [0.1, 0.15) is 67.3 Å². The lowest BCUT2D eigenvalue weighted by Crippen LogP contribution is -2.33. The monoisotopic (exact) mass is 314 g/mol. The predicted octanol–water partition coefficient (Wildman–Crippen LogP) is 3.11. The van der Waals surface area contributed by atoms with Gasteiger partial charge in [-0.3, -0.25) is 4.79 Å². The molecule has 3 rings (SSSR count). The van der Waals surface area contributed by atoms with E-state index in [-0.39, 0.29) is 23.0 Å². The minimum Gasteiger partial charge on any atom is -0.475 e. The molecule has 23 heavy (non-hydrogen) atoms. The highest BCUT2D eigenvalue weighted by Crippen LogP contribution is 2.43. The Morgan fingerprint density at radius 1 is 1.48 bits per heavy atom. The molecular formula is C17H18N2O4. The molecule has 1 aromatic rings. The van der Waals surface area contributed by atoms with Crippen LogP contribution in [0.4, 0.5) is 0 Å². The SMILES string of the molecule is CCCC1=C2CCCCC2C(=[N+]=[N-])c2c1oc(C(=O)O)cc2=O. The zero-order valence-corrected chi connectivity index (χ0v) is 13.0. The van der Waals surface area contributed by atoms with Gasteiger partial charge in [0.05, 0.1) is 5.92 Å². The Bertz CT molecular complexity index is 812. The first-order chi connectivity index (χ1) is 11.1. The molecule has 1 N–H and O–H groups in total. The van der Waals surface area contributed by atoms with Crippen LogP contribution in [-0.2, 0) is 0 Å². The molecule has 0 bridgehead atoms. The highest BCUT2D eigenvalue weighted by atomic mass is 16.4. The molecule has 1 heterocycles. The molecule has 1 atom stereocenters. The smallest absolute Gasteiger partial charge is 0.371 e. The summed E-state index contributed by atoms with van der Waals surface area (Å²) in [6, 6.07) is 0.962. The fourth-order valence-corrected chi connectivity index (χ4v) is 3.69. The lowest BCUT2D eigenvalue weighted by molar-refractivity contribution is -0.0115. The fourth-order valence-electron chi connectivity index (χ4n) is 3.69. The minimum absolute atomic E-state index is 0.0682. The van der Waals surface area contributed by atoms with Gasteiger partial charge in [0.2, 0.25) is 11.2 Å². The summed E-state index contributed by atoms with van der Waals surface area (Å²) in [4.78, 5) is 27.0. The van der Waals surface area contributed by atoms with Crippen molar-refractivity contribution in [3.63, 3.8) is 0 Å². The second-order valence-corrected chi connectivity index (χ2v) is 6.02. The van der Waals surface area contributed by atoms with E-state index < -0.39 is 11.4 Å². The second kappa shape index (κ2) is 5.97. The number of nitrogens with zero attached hydrogens (tertiary/aromatic N) is 2. The van der Waals surface area contributed by atoms with Crippen molar-refractivity contribution >= 4 is 17.3 Å². The molecule has 2 aliphatic rings. The molecule has 1 saturated carbocycles. The molecule has 0 spiro atoms. The summed E-state index contributed by atoms with van der Waals surface area (Å²) in [5, 5.41) is 9.15. The Hall–Kier alpha value is -2.46. The van der Waals surface area contributed by atoms with Gasteiger partial charge in [0.25, 0.3) is 0 Å². The molecule has 1 fully saturated rings. The Balaban J connectivity index is 2.35. The molecule has 0 amide bonds. The number of fused-ring (bicyclic) bond motifs is 2. The quantitative estimate of drug-likeness (QED) is 0.683. The maximum absolute atomic E-state index is 12.4. The topological polar surface area (TPSA) is 104 Å². The van der Waals surface area contributed by atoms with Crippen molar-refractivity contribution in [2.45, 2.75) is 45.4 Å². The summed E-state index contributed by atoms with van der Waals surface area (Å²) in [7, 11) is 0. The van der Waals surface area contributed by atoms with E-state index in [1.807, 2.05) is 6.92 Å². The van der Waals surface area contributed by atoms with E-state index in [9.17, 15) is 15.1 Å². The Morgan fingerprint density at radius 3 is 2.91 bits per heavy atom. The second-order valence-electron chi connectivity index (χ2n) is 6.02. The third-order valence-electron chi connectivity index (χ3n) is 4.62. The summed E-state index contributed by atoms with van der Waals surface area (Å²) < 4.78 is 5.54. The number of carbonyl (C=O) groups is 1. The van der Waals surface area contributed by atoms with Crippen LogP contribution in [0.5, 0.6) is 0 Å². The van der Waals surface area contributed by atoms with Crippen molar-refractivity contribution in [3.8, 4) is 0 Å². The molecule has 1 aromatic heterocycles. The van der Waals surface area contributed by atoms with E-state index in [0.29, 0.717) is 12.1 Å². The van der Waals surface area contributed by atoms with Gasteiger partial charge in [0.15, 0.2) is 5.56 Å². The zero-order valence-electron chi connectivity index (χ0n) is 13.0. The van der Waals surface area contributed by atoms with Crippen LogP contribution >= 0.6 is 0 Å². The first kappa shape index (κ1) is 15.4. The summed E-state index contributed by atoms with van der Waals surface area (Å²) in [6.45, 7) is 2.03. The largest absolute Gasteiger partial charge is 0.475 e. The van der Waals surface area contributed by atoms with Crippen LogP contribution in [-0.4, -0.2) is 21.6 Å². The van der Waals surface area contributed by atoms with Crippen molar-refractivity contribution in [1.82, 2.24) is 0 Å². The third kappa shape index (κ3) is 2.45. The minimum atomic E-state index is -1.28. The first-order valence-corrected chi connectivity index (χ1v) is 7.94. The van der Waals surface area contributed by atoms with Crippen molar-refractivity contribution < 1.29 is 19.1 Å². The van der Waals surface area contributed by atoms with E-state index in [0.717, 1.165) is 49.3 Å². The highest BCUT2D eigenvalue weighted by molar-refractivity contribution is 6.07. The van der Waals surface area contributed by atoms with E-state index in [1.54, 1.807) is 0 Å². The lowest BCUT2D eigenvalue weighted by Gasteiger charge is -2.29. The number of allylic oxidation sites excluding steroid dienone is 2. The third-order valence-corrected chi connectivity index (χ3v) is 4.62. The number of carboxylic acid groups (broad SMARTS) is 1. The van der Waals surface area contributed by atoms with Crippen molar-refractivity contribution in [2.24, 2.45) is 5.92 Å². The number of hydrogen-bond acceptors (Lipinski definition) is 3. The first-order valence-electron chi connectivity index (χ1n) is 7.94. The van der Waals surface area contributed by atoms with Gasteiger partial charge >= 0.3 is 11.7 Å². The zero-order chi connectivity index (χ0) is 16.6. The summed E-state index contributed by atoms with van der Waals surface area (Å²) in [6.07, 6.45) is 5.32. The summed E-state index contributed by atoms with van der Waals surface area (Å²) in [5.41, 5.74) is 11.6. The van der Waals surface area contributed by atoms with Crippen molar-refractivity contribution in [2.75, 3.05) is 0 Å². The Kier molecular flexibility index (Phi) is 4.01. The van der Waals surface area contributed by atoms with Crippen molar-refractivity contribution in [1.29, 1.82) is 0 Å². The number of carboxylic acids is 1. The molecule has 6 nitrogen and oxygen atoms in total. The van der Waals surface area contributed by atoms with Crippen LogP contribution in [0.2, 0.25) is 0 Å². The van der Waals surface area contributed by atoms with Gasteiger partial charge in [-0.25, -0.2) is 4.79 Å². The average Bonchev–Trinajstić information content (AvgIpc) is 2.55. The molecule has 0 radical (unpaired) electrons. The normalized spacial score (nSPS) is 19.9. The summed E-state index contributed by atoms with van der Waals surface area (Å²) in [5.74, 6) is -1.45. The molecule has 120 valence electrons. The van der Waals surface area contributed by atoms with Gasteiger partial charge in [-0.1, -0.05) is 19.8 Å². The molecule has 6 heteroatoms. The van der Waals surface area contributed by atoms with Crippen LogP contribution in [0.3, 0.4) is 0 Å². The number of aromatic carboxylic acids is 1. The van der Waals surface area contributed by atoms with Crippen LogP contribution in [0.25, 0.3) is 11.1 Å². The standard InChI is InChI=1S/C17H18N2O4/c1-2-5-11-9-6-3-4-7-10(9)15(19-18)14-12(20)8-13(17(21)22)23-16(11)14/h8,10H,2-7H2,1H3,(H,21,22). The van der Waals surface area contributed by atoms with Gasteiger partial charge in [-0.05, 0) is 36.8 Å². The Labute approximate surface area is 133 Å². The van der Waals surface area contributed by atoms with Gasteiger partial charge in [-0.15, -0.1) is 0 Å². The molecule has 0 aromatic carbocycles. The van der Waals surface area contributed by atoms with E-state index in [4.69, 9.17) is 9.52 Å². The van der Waals surface area contributed by atoms with Crippen LogP contribution < -0.4 is 5.43 Å². The molecule has 1 unspecified atom stereocenters. The van der Waals surface area contributed by atoms with Crippen LogP contribution in [0, 0.1) is 5.92 Å². The Morgan fingerprint density at radius 2 is 2.26 bits per heavy atom. The lowest BCUT2D eigenvalue weighted by atomic mass is 9.71. The average molecular weight is 314 g/mol. The molecule has 2 aliphatic carbocycles. The fraction of sp³-hybridized carbons (Fsp3) is 0.471.